The number of aliphatic imine (C=N–C) groups is 1. The maximum Gasteiger partial charge on any atom is 0.214 e. The number of carbonyl (C=O) groups is 1. The number of allylic oxidation sites excluding steroid dienone is 4. The molecule has 6 heteroatoms. The van der Waals surface area contributed by atoms with Crippen LogP contribution in [0.25, 0.3) is 0 Å². The Kier molecular flexibility index (Phi) is 9.45. The number of amides is 1. The number of hydrogen-bond acceptors (Lipinski definition) is 4. The molecule has 0 saturated carbocycles. The first-order chi connectivity index (χ1) is 12.6. The van der Waals surface area contributed by atoms with E-state index in [-0.39, 0.29) is 0 Å². The van der Waals surface area contributed by atoms with Gasteiger partial charge in [0.15, 0.2) is 5.76 Å². The normalized spacial score (nSPS) is 20.2. The van der Waals surface area contributed by atoms with Crippen LogP contribution in [-0.4, -0.2) is 49.9 Å². The van der Waals surface area contributed by atoms with Crippen LogP contribution in [0.15, 0.2) is 70.8 Å². The Morgan fingerprint density at radius 2 is 2.31 bits per heavy atom. The summed E-state index contributed by atoms with van der Waals surface area (Å²) in [5.41, 5.74) is 5.11. The first kappa shape index (κ1) is 21.7. The Labute approximate surface area is 160 Å². The Bertz CT molecular complexity index is 685. The van der Waals surface area contributed by atoms with E-state index in [2.05, 4.69) is 17.3 Å². The lowest BCUT2D eigenvalue weighted by molar-refractivity contribution is -0.117. The molecule has 0 spiro atoms. The van der Waals surface area contributed by atoms with E-state index in [1.54, 1.807) is 13.2 Å². The van der Waals surface area contributed by atoms with Crippen LogP contribution >= 0.6 is 11.6 Å². The topological polar surface area (TPSA) is 51.1 Å². The van der Waals surface area contributed by atoms with Crippen LogP contribution in [0.3, 0.4) is 0 Å². The van der Waals surface area contributed by atoms with Crippen molar-refractivity contribution in [2.45, 2.75) is 18.9 Å². The van der Waals surface area contributed by atoms with E-state index < -0.39 is 5.54 Å². The van der Waals surface area contributed by atoms with Gasteiger partial charge in [-0.25, -0.2) is 0 Å². The second kappa shape index (κ2) is 11.3. The third kappa shape index (κ3) is 5.88. The van der Waals surface area contributed by atoms with Crippen molar-refractivity contribution in [2.24, 2.45) is 4.99 Å². The summed E-state index contributed by atoms with van der Waals surface area (Å²) in [6.45, 7) is 6.43. The number of hydrogen-bond donors (Lipinski definition) is 0. The Balaban J connectivity index is 3.05. The minimum Gasteiger partial charge on any atom is -0.494 e. The lowest BCUT2D eigenvalue weighted by Crippen LogP contribution is -2.26. The second-order valence-corrected chi connectivity index (χ2v) is 5.86. The first-order valence-electron chi connectivity index (χ1n) is 8.11. The molecule has 1 rings (SSSR count). The van der Waals surface area contributed by atoms with E-state index in [1.807, 2.05) is 37.3 Å². The summed E-state index contributed by atoms with van der Waals surface area (Å²) in [6, 6.07) is 0. The molecular weight excluding hydrogens is 352 g/mol. The van der Waals surface area contributed by atoms with Crippen LogP contribution in [0.4, 0.5) is 0 Å². The fraction of sp³-hybridized carbons (Fsp3) is 0.350. The molecule has 140 valence electrons. The van der Waals surface area contributed by atoms with Crippen LogP contribution in [-0.2, 0) is 14.3 Å². The van der Waals surface area contributed by atoms with Gasteiger partial charge in [-0.3, -0.25) is 9.79 Å². The molecule has 1 aliphatic carbocycles. The van der Waals surface area contributed by atoms with E-state index in [0.717, 1.165) is 12.0 Å². The van der Waals surface area contributed by atoms with Gasteiger partial charge in [0, 0.05) is 13.7 Å². The van der Waals surface area contributed by atoms with Crippen molar-refractivity contribution in [3.8, 4) is 0 Å². The number of methoxy groups -OCH3 is 2. The molecule has 0 unspecified atom stereocenters. The molecule has 0 fully saturated rings. The highest BCUT2D eigenvalue weighted by Crippen LogP contribution is 2.30. The maximum absolute atomic E-state index is 11.3. The summed E-state index contributed by atoms with van der Waals surface area (Å²) in [5, 5.41) is 0. The predicted molar refractivity (Wildman–Crippen MR) is 106 cm³/mol. The lowest BCUT2D eigenvalue weighted by atomic mass is 9.85. The van der Waals surface area contributed by atoms with Gasteiger partial charge in [-0.1, -0.05) is 54.3 Å². The molecule has 0 radical (unpaired) electrons. The van der Waals surface area contributed by atoms with E-state index in [4.69, 9.17) is 21.1 Å². The number of halogens is 1. The molecule has 26 heavy (non-hydrogen) atoms. The molecule has 0 bridgehead atoms. The zero-order valence-corrected chi connectivity index (χ0v) is 16.2. The molecular formula is C20H25ClN2O3. The molecule has 0 N–H and O–H groups in total. The van der Waals surface area contributed by atoms with Crippen LogP contribution in [0, 0.1) is 0 Å². The molecule has 0 aliphatic heterocycles. The number of ether oxygens (including phenoxy) is 2. The molecule has 1 aliphatic rings. The van der Waals surface area contributed by atoms with Crippen molar-refractivity contribution in [3.63, 3.8) is 0 Å². The zero-order valence-electron chi connectivity index (χ0n) is 15.4. The van der Waals surface area contributed by atoms with Crippen molar-refractivity contribution in [2.75, 3.05) is 27.4 Å². The quantitative estimate of drug-likeness (QED) is 0.192. The highest BCUT2D eigenvalue weighted by Gasteiger charge is 2.26. The molecule has 0 aromatic heterocycles. The first-order valence-corrected chi connectivity index (χ1v) is 8.54. The standard InChI is InChI=1S/C20H25ClN2O3/c1-5-18(23(16-24)13-14-25-3)19(26-4)11-8-10-17-9-6-7-12-20(17,2)22-15-21/h6-11,15-16H,1,12-14H2,2-4H3/b10-8+,19-11+,22-15?/t20-/m0/s1. The third-order valence-corrected chi connectivity index (χ3v) is 4.08. The maximum atomic E-state index is 11.3. The molecule has 5 nitrogen and oxygen atoms in total. The summed E-state index contributed by atoms with van der Waals surface area (Å²) in [7, 11) is 3.10. The number of nitrogens with zero attached hydrogens (tertiary/aromatic N) is 2. The van der Waals surface area contributed by atoms with Gasteiger partial charge in [0.25, 0.3) is 0 Å². The summed E-state index contributed by atoms with van der Waals surface area (Å²) >= 11 is 5.68. The highest BCUT2D eigenvalue weighted by atomic mass is 35.5. The highest BCUT2D eigenvalue weighted by molar-refractivity contribution is 6.56. The van der Waals surface area contributed by atoms with Gasteiger partial charge in [0.2, 0.25) is 6.41 Å². The Hall–Kier alpha value is -2.33. The van der Waals surface area contributed by atoms with E-state index in [0.29, 0.717) is 31.0 Å². The van der Waals surface area contributed by atoms with Crippen molar-refractivity contribution in [3.05, 3.63) is 65.8 Å². The number of carbonyl (C=O) groups excluding carboxylic acids is 1. The zero-order chi connectivity index (χ0) is 19.4. The smallest absolute Gasteiger partial charge is 0.214 e. The van der Waals surface area contributed by atoms with Gasteiger partial charge in [0.1, 0.15) is 5.70 Å². The predicted octanol–water partition coefficient (Wildman–Crippen LogP) is 3.76. The molecule has 1 atom stereocenters. The summed E-state index contributed by atoms with van der Waals surface area (Å²) in [4.78, 5) is 17.1. The Morgan fingerprint density at radius 1 is 1.54 bits per heavy atom. The van der Waals surface area contributed by atoms with Gasteiger partial charge >= 0.3 is 0 Å². The van der Waals surface area contributed by atoms with Gasteiger partial charge in [-0.2, -0.15) is 0 Å². The van der Waals surface area contributed by atoms with Crippen LogP contribution in [0.2, 0.25) is 0 Å². The average Bonchev–Trinajstić information content (AvgIpc) is 2.64. The average molecular weight is 377 g/mol. The minimum absolute atomic E-state index is 0.376. The van der Waals surface area contributed by atoms with Crippen molar-refractivity contribution >= 4 is 23.7 Å². The largest absolute Gasteiger partial charge is 0.494 e. The monoisotopic (exact) mass is 376 g/mol. The van der Waals surface area contributed by atoms with Crippen molar-refractivity contribution < 1.29 is 14.3 Å². The molecule has 1 amide bonds. The van der Waals surface area contributed by atoms with Crippen molar-refractivity contribution in [1.82, 2.24) is 4.90 Å². The summed E-state index contributed by atoms with van der Waals surface area (Å²) < 4.78 is 10.4. The minimum atomic E-state index is -0.404. The molecule has 0 heterocycles. The van der Waals surface area contributed by atoms with E-state index in [9.17, 15) is 4.79 Å². The molecule has 0 aromatic carbocycles. The lowest BCUT2D eigenvalue weighted by Gasteiger charge is -2.27. The summed E-state index contributed by atoms with van der Waals surface area (Å²) in [6.07, 6.45) is 13.0. The van der Waals surface area contributed by atoms with Crippen molar-refractivity contribution in [1.29, 1.82) is 0 Å². The molecule has 0 saturated heterocycles. The van der Waals surface area contributed by atoms with E-state index in [1.165, 1.54) is 17.7 Å². The molecule has 0 aromatic rings. The Morgan fingerprint density at radius 3 is 2.88 bits per heavy atom. The van der Waals surface area contributed by atoms with Gasteiger partial charge in [-0.15, -0.1) is 0 Å². The number of rotatable bonds is 10. The van der Waals surface area contributed by atoms with Gasteiger partial charge in [-0.05, 0) is 25.0 Å². The van der Waals surface area contributed by atoms with Crippen LogP contribution < -0.4 is 0 Å². The fourth-order valence-corrected chi connectivity index (χ4v) is 2.67. The van der Waals surface area contributed by atoms with Gasteiger partial charge in [0.05, 0.1) is 24.9 Å². The van der Waals surface area contributed by atoms with Crippen LogP contribution in [0.1, 0.15) is 13.3 Å². The van der Waals surface area contributed by atoms with Gasteiger partial charge < -0.3 is 14.4 Å². The SMILES string of the molecule is C=C=C(/C(=C\C=C\C1=CC=CC[C@]1(C)N=CCl)OC)N(C=O)CCOC. The third-order valence-electron chi connectivity index (χ3n) is 3.98. The second-order valence-electron chi connectivity index (χ2n) is 5.67. The summed E-state index contributed by atoms with van der Waals surface area (Å²) in [5.74, 6) is 0.467. The van der Waals surface area contributed by atoms with Crippen LogP contribution in [0.5, 0.6) is 0 Å². The van der Waals surface area contributed by atoms with E-state index >= 15 is 0 Å². The fourth-order valence-electron chi connectivity index (χ4n) is 2.46.